The summed E-state index contributed by atoms with van der Waals surface area (Å²) < 4.78 is 53.7. The normalized spacial score (nSPS) is 13.4. The number of hydrogen-bond acceptors (Lipinski definition) is 2. The van der Waals surface area contributed by atoms with E-state index in [1.807, 2.05) is 0 Å². The molecule has 0 fully saturated rings. The first-order valence-electron chi connectivity index (χ1n) is 6.16. The Balaban J connectivity index is 2.60. The summed E-state index contributed by atoms with van der Waals surface area (Å²) in [4.78, 5) is 0. The van der Waals surface area contributed by atoms with Gasteiger partial charge in [-0.3, -0.25) is 0 Å². The van der Waals surface area contributed by atoms with Gasteiger partial charge in [0.2, 0.25) is 0 Å². The molecular weight excluding hydrogens is 370 g/mol. The molecule has 0 amide bonds. The number of rotatable bonds is 4. The van der Waals surface area contributed by atoms with Crippen LogP contribution in [0.1, 0.15) is 29.7 Å². The van der Waals surface area contributed by atoms with Crippen molar-refractivity contribution in [2.75, 3.05) is 6.54 Å². The van der Waals surface area contributed by atoms with Crippen molar-refractivity contribution in [2.45, 2.75) is 19.1 Å². The van der Waals surface area contributed by atoms with Crippen LogP contribution in [0.2, 0.25) is 0 Å². The molecular formula is C14H12BrF4NS. The van der Waals surface area contributed by atoms with Crippen LogP contribution in [0.5, 0.6) is 0 Å². The standard InChI is InChI=1S/C14H12BrF4NS/c1-2-20-13(10-6-21-7-12(10)15)9-5-8(16)3-4-11(9)14(17,18)19/h3-7,13,20H,2H2,1H3. The molecule has 0 aliphatic carbocycles. The van der Waals surface area contributed by atoms with Gasteiger partial charge in [-0.25, -0.2) is 4.39 Å². The van der Waals surface area contributed by atoms with Crippen molar-refractivity contribution in [3.8, 4) is 0 Å². The average molecular weight is 382 g/mol. The summed E-state index contributed by atoms with van der Waals surface area (Å²) in [6.45, 7) is 2.25. The molecule has 0 saturated heterocycles. The number of alkyl halides is 3. The molecule has 0 aliphatic heterocycles. The molecule has 1 aromatic carbocycles. The molecule has 0 spiro atoms. The van der Waals surface area contributed by atoms with Gasteiger partial charge in [0.05, 0.1) is 11.6 Å². The largest absolute Gasteiger partial charge is 0.416 e. The lowest BCUT2D eigenvalue weighted by Crippen LogP contribution is -2.25. The van der Waals surface area contributed by atoms with Crippen molar-refractivity contribution in [1.82, 2.24) is 5.32 Å². The summed E-state index contributed by atoms with van der Waals surface area (Å²) >= 11 is 4.69. The van der Waals surface area contributed by atoms with Crippen molar-refractivity contribution >= 4 is 27.3 Å². The van der Waals surface area contributed by atoms with Gasteiger partial charge in [0.1, 0.15) is 5.82 Å². The Morgan fingerprint density at radius 2 is 1.95 bits per heavy atom. The van der Waals surface area contributed by atoms with E-state index in [2.05, 4.69) is 21.2 Å². The summed E-state index contributed by atoms with van der Waals surface area (Å²) in [5.74, 6) is -0.688. The molecule has 1 nitrogen and oxygen atoms in total. The molecule has 0 bridgehead atoms. The average Bonchev–Trinajstić information content (AvgIpc) is 2.80. The molecule has 2 rings (SSSR count). The number of benzene rings is 1. The van der Waals surface area contributed by atoms with Crippen LogP contribution < -0.4 is 5.32 Å². The highest BCUT2D eigenvalue weighted by molar-refractivity contribution is 9.10. The SMILES string of the molecule is CCNC(c1cscc1Br)c1cc(F)ccc1C(F)(F)F. The first-order chi connectivity index (χ1) is 9.84. The molecule has 0 saturated carbocycles. The Hall–Kier alpha value is -0.920. The molecule has 7 heteroatoms. The van der Waals surface area contributed by atoms with Crippen LogP contribution >= 0.6 is 27.3 Å². The fourth-order valence-electron chi connectivity index (χ4n) is 2.12. The minimum Gasteiger partial charge on any atom is -0.306 e. The summed E-state index contributed by atoms with van der Waals surface area (Å²) in [6, 6.07) is 1.84. The van der Waals surface area contributed by atoms with Gasteiger partial charge in [0.15, 0.2) is 0 Å². The highest BCUT2D eigenvalue weighted by Crippen LogP contribution is 2.39. The lowest BCUT2D eigenvalue weighted by molar-refractivity contribution is -0.138. The summed E-state index contributed by atoms with van der Waals surface area (Å²) in [7, 11) is 0. The third-order valence-electron chi connectivity index (χ3n) is 2.99. The zero-order valence-electron chi connectivity index (χ0n) is 11.0. The fourth-order valence-corrected chi connectivity index (χ4v) is 3.67. The topological polar surface area (TPSA) is 12.0 Å². The van der Waals surface area contributed by atoms with Crippen LogP contribution in [0.4, 0.5) is 17.6 Å². The predicted molar refractivity (Wildman–Crippen MR) is 78.9 cm³/mol. The highest BCUT2D eigenvalue weighted by atomic mass is 79.9. The fraction of sp³-hybridized carbons (Fsp3) is 0.286. The van der Waals surface area contributed by atoms with Crippen LogP contribution in [-0.2, 0) is 6.18 Å². The van der Waals surface area contributed by atoms with Gasteiger partial charge in [-0.05, 0) is 57.2 Å². The second kappa shape index (κ2) is 6.46. The molecule has 1 heterocycles. The van der Waals surface area contributed by atoms with Crippen molar-refractivity contribution in [3.63, 3.8) is 0 Å². The number of nitrogens with one attached hydrogen (secondary N) is 1. The molecule has 2 aromatic rings. The molecule has 0 radical (unpaired) electrons. The van der Waals surface area contributed by atoms with E-state index < -0.39 is 23.6 Å². The first-order valence-corrected chi connectivity index (χ1v) is 7.89. The van der Waals surface area contributed by atoms with E-state index in [1.54, 1.807) is 17.7 Å². The van der Waals surface area contributed by atoms with Crippen LogP contribution in [0, 0.1) is 5.82 Å². The van der Waals surface area contributed by atoms with Crippen molar-refractivity contribution < 1.29 is 17.6 Å². The van der Waals surface area contributed by atoms with E-state index >= 15 is 0 Å². The van der Waals surface area contributed by atoms with Crippen LogP contribution in [0.3, 0.4) is 0 Å². The first kappa shape index (κ1) is 16.5. The van der Waals surface area contributed by atoms with E-state index in [0.29, 0.717) is 16.6 Å². The minimum absolute atomic E-state index is 0.108. The molecule has 21 heavy (non-hydrogen) atoms. The zero-order valence-corrected chi connectivity index (χ0v) is 13.4. The van der Waals surface area contributed by atoms with Gasteiger partial charge >= 0.3 is 6.18 Å². The Labute approximate surface area is 132 Å². The lowest BCUT2D eigenvalue weighted by atomic mass is 9.95. The summed E-state index contributed by atoms with van der Waals surface area (Å²) in [5, 5.41) is 6.53. The van der Waals surface area contributed by atoms with Gasteiger partial charge in [0.25, 0.3) is 0 Å². The van der Waals surface area contributed by atoms with Crippen LogP contribution in [0.15, 0.2) is 33.4 Å². The van der Waals surface area contributed by atoms with Crippen LogP contribution in [0.25, 0.3) is 0 Å². The Kier molecular flexibility index (Phi) is 5.06. The number of hydrogen-bond donors (Lipinski definition) is 1. The third kappa shape index (κ3) is 3.64. The minimum atomic E-state index is -4.53. The maximum atomic E-state index is 13.5. The molecule has 0 aliphatic rings. The van der Waals surface area contributed by atoms with Gasteiger partial charge in [-0.1, -0.05) is 6.92 Å². The number of thiophene rings is 1. The molecule has 1 aromatic heterocycles. The van der Waals surface area contributed by atoms with Crippen molar-refractivity contribution in [3.05, 3.63) is 55.9 Å². The van der Waals surface area contributed by atoms with Gasteiger partial charge in [0, 0.05) is 9.85 Å². The molecule has 114 valence electrons. The maximum Gasteiger partial charge on any atom is 0.416 e. The molecule has 1 unspecified atom stereocenters. The quantitative estimate of drug-likeness (QED) is 0.702. The smallest absolute Gasteiger partial charge is 0.306 e. The van der Waals surface area contributed by atoms with Gasteiger partial charge < -0.3 is 5.32 Å². The highest BCUT2D eigenvalue weighted by Gasteiger charge is 2.36. The number of halogens is 5. The van der Waals surface area contributed by atoms with Crippen LogP contribution in [-0.4, -0.2) is 6.54 Å². The third-order valence-corrected chi connectivity index (χ3v) is 4.74. The second-order valence-corrected chi connectivity index (χ2v) is 5.99. The monoisotopic (exact) mass is 381 g/mol. The zero-order chi connectivity index (χ0) is 15.6. The Morgan fingerprint density at radius 3 is 2.48 bits per heavy atom. The Morgan fingerprint density at radius 1 is 1.24 bits per heavy atom. The second-order valence-electron chi connectivity index (χ2n) is 4.40. The van der Waals surface area contributed by atoms with Crippen molar-refractivity contribution in [1.29, 1.82) is 0 Å². The lowest BCUT2D eigenvalue weighted by Gasteiger charge is -2.22. The maximum absolute atomic E-state index is 13.5. The van der Waals surface area contributed by atoms with E-state index in [1.165, 1.54) is 11.3 Å². The predicted octanol–water partition coefficient (Wildman–Crippen LogP) is 5.37. The molecule has 1 atom stereocenters. The van der Waals surface area contributed by atoms with E-state index in [9.17, 15) is 17.6 Å². The van der Waals surface area contributed by atoms with Crippen molar-refractivity contribution in [2.24, 2.45) is 0 Å². The van der Waals surface area contributed by atoms with Gasteiger partial charge in [-0.2, -0.15) is 24.5 Å². The summed E-state index contributed by atoms with van der Waals surface area (Å²) in [5.41, 5.74) is -0.269. The van der Waals surface area contributed by atoms with E-state index in [4.69, 9.17) is 0 Å². The molecule has 1 N–H and O–H groups in total. The Bertz CT molecular complexity index is 624. The van der Waals surface area contributed by atoms with E-state index in [0.717, 1.165) is 18.2 Å². The van der Waals surface area contributed by atoms with E-state index in [-0.39, 0.29) is 5.56 Å². The summed E-state index contributed by atoms with van der Waals surface area (Å²) in [6.07, 6.45) is -4.53. The van der Waals surface area contributed by atoms with Gasteiger partial charge in [-0.15, -0.1) is 0 Å².